The highest BCUT2D eigenvalue weighted by molar-refractivity contribution is 5.79. The van der Waals surface area contributed by atoms with Gasteiger partial charge in [-0.3, -0.25) is 4.98 Å². The Morgan fingerprint density at radius 2 is 1.81 bits per heavy atom. The van der Waals surface area contributed by atoms with Gasteiger partial charge in [-0.1, -0.05) is 0 Å². The minimum Gasteiger partial charge on any atom is -0.487 e. The zero-order valence-corrected chi connectivity index (χ0v) is 21.0. The molecule has 0 spiro atoms. The molecule has 4 N–H and O–H groups in total. The van der Waals surface area contributed by atoms with Gasteiger partial charge in [-0.25, -0.2) is 18.7 Å². The Balaban J connectivity index is 0.000000572. The number of aliphatic hydroxyl groups excluding tert-OH is 1. The van der Waals surface area contributed by atoms with Crippen LogP contribution in [0.3, 0.4) is 0 Å². The maximum Gasteiger partial charge on any atom is 0.172 e. The molecule has 0 radical (unpaired) electrons. The second kappa shape index (κ2) is 11.5. The lowest BCUT2D eigenvalue weighted by Gasteiger charge is -2.33. The van der Waals surface area contributed by atoms with Crippen molar-refractivity contribution < 1.29 is 28.5 Å². The summed E-state index contributed by atoms with van der Waals surface area (Å²) in [5, 5.41) is 20.4. The van der Waals surface area contributed by atoms with Crippen LogP contribution in [0.5, 0.6) is 5.75 Å². The summed E-state index contributed by atoms with van der Waals surface area (Å²) in [5.41, 5.74) is 6.01. The summed E-state index contributed by atoms with van der Waals surface area (Å²) >= 11 is 0. The summed E-state index contributed by atoms with van der Waals surface area (Å²) in [5.74, 6) is -0.601. The molecule has 1 atom stereocenters. The van der Waals surface area contributed by atoms with Crippen molar-refractivity contribution in [2.24, 2.45) is 0 Å². The smallest absolute Gasteiger partial charge is 0.172 e. The molecule has 1 unspecified atom stereocenters. The quantitative estimate of drug-likeness (QED) is 0.466. The number of nitrogens with two attached hydrogens (primary N) is 1. The Hall–Kier alpha value is -3.15. The molecule has 2 saturated heterocycles. The molecule has 2 aliphatic heterocycles. The fraction of sp³-hybridized carbons (Fsp3) is 0.500. The Morgan fingerprint density at radius 3 is 2.41 bits per heavy atom. The predicted octanol–water partition coefficient (Wildman–Crippen LogP) is 3.53. The average molecular weight is 518 g/mol. The van der Waals surface area contributed by atoms with Gasteiger partial charge in [-0.2, -0.15) is 0 Å². The number of hydrogen-bond donors (Lipinski definition) is 3. The predicted molar refractivity (Wildman–Crippen MR) is 135 cm³/mol. The van der Waals surface area contributed by atoms with Crippen molar-refractivity contribution in [3.63, 3.8) is 0 Å². The summed E-state index contributed by atoms with van der Waals surface area (Å²) in [6.07, 6.45) is 3.79. The summed E-state index contributed by atoms with van der Waals surface area (Å²) < 4.78 is 37.6. The molecule has 0 saturated carbocycles. The summed E-state index contributed by atoms with van der Waals surface area (Å²) in [6.45, 7) is 6.10. The monoisotopic (exact) mass is 517 g/mol. The van der Waals surface area contributed by atoms with Gasteiger partial charge in [0.2, 0.25) is 0 Å². The number of nitrogen functional groups attached to an aromatic ring is 1. The van der Waals surface area contributed by atoms with Crippen molar-refractivity contribution >= 4 is 22.7 Å². The van der Waals surface area contributed by atoms with Gasteiger partial charge in [0.15, 0.2) is 23.2 Å². The second-order valence-corrected chi connectivity index (χ2v) is 9.79. The molecule has 5 rings (SSSR count). The van der Waals surface area contributed by atoms with Crippen LogP contribution in [0.2, 0.25) is 0 Å². The number of pyridine rings is 1. The van der Waals surface area contributed by atoms with E-state index in [1.165, 1.54) is 39.0 Å². The zero-order valence-electron chi connectivity index (χ0n) is 21.0. The Kier molecular flexibility index (Phi) is 8.35. The van der Waals surface area contributed by atoms with Gasteiger partial charge in [0.05, 0.1) is 23.0 Å². The fourth-order valence-electron chi connectivity index (χ4n) is 4.17. The first-order valence-electron chi connectivity index (χ1n) is 12.4. The topological polar surface area (TPSA) is 127 Å². The van der Waals surface area contributed by atoms with Crippen LogP contribution in [0.25, 0.3) is 11.0 Å². The van der Waals surface area contributed by atoms with E-state index in [9.17, 15) is 19.0 Å². The minimum atomic E-state index is -1.36. The number of benzene rings is 1. The highest BCUT2D eigenvalue weighted by Gasteiger charge is 2.28. The largest absolute Gasteiger partial charge is 0.487 e. The van der Waals surface area contributed by atoms with E-state index in [4.69, 9.17) is 15.2 Å². The first kappa shape index (κ1) is 26.9. The van der Waals surface area contributed by atoms with Crippen LogP contribution >= 0.6 is 0 Å². The molecule has 2 aromatic heterocycles. The van der Waals surface area contributed by atoms with Crippen LogP contribution in [-0.4, -0.2) is 63.2 Å². The SMILES string of the molecule is C1CCOC1.CC(C)(O)C(O)c1cc2nc(N3CCC(Oc4ccc(F)cc4F)CC3)c(N)nc2cn1. The third kappa shape index (κ3) is 6.79. The second-order valence-electron chi connectivity index (χ2n) is 9.79. The molecular weight excluding hydrogens is 484 g/mol. The summed E-state index contributed by atoms with van der Waals surface area (Å²) in [4.78, 5) is 15.1. The number of aromatic nitrogens is 3. The number of piperidine rings is 1. The Bertz CT molecular complexity index is 1200. The third-order valence-corrected chi connectivity index (χ3v) is 6.29. The van der Waals surface area contributed by atoms with Crippen LogP contribution in [0.15, 0.2) is 30.5 Å². The first-order valence-corrected chi connectivity index (χ1v) is 12.4. The lowest BCUT2D eigenvalue weighted by atomic mass is 9.98. The van der Waals surface area contributed by atoms with Crippen LogP contribution in [0.1, 0.15) is 51.3 Å². The molecule has 9 nitrogen and oxygen atoms in total. The van der Waals surface area contributed by atoms with Crippen molar-refractivity contribution in [2.45, 2.75) is 57.3 Å². The van der Waals surface area contributed by atoms with Crippen molar-refractivity contribution in [1.29, 1.82) is 0 Å². The van der Waals surface area contributed by atoms with E-state index in [1.807, 2.05) is 4.90 Å². The zero-order chi connectivity index (χ0) is 26.6. The van der Waals surface area contributed by atoms with Crippen molar-refractivity contribution in [1.82, 2.24) is 15.0 Å². The van der Waals surface area contributed by atoms with Gasteiger partial charge in [0, 0.05) is 45.2 Å². The molecular formula is C26H33F2N5O4. The van der Waals surface area contributed by atoms with E-state index in [0.717, 1.165) is 25.3 Å². The number of ether oxygens (including phenoxy) is 2. The number of nitrogens with zero attached hydrogens (tertiary/aromatic N) is 4. The Morgan fingerprint density at radius 1 is 1.11 bits per heavy atom. The van der Waals surface area contributed by atoms with E-state index in [0.29, 0.717) is 42.8 Å². The standard InChI is InChI=1S/C22H25F2N5O3.C4H8O/c1-22(2,31)19(30)16-10-15-17(11-26-16)27-20(25)21(28-15)29-7-5-13(6-8-29)32-18-4-3-12(23)9-14(18)24;1-2-4-5-3-1/h3-4,9-11,13,19,30-31H,5-8H2,1-2H3,(H2,25,27);1-4H2. The third-order valence-electron chi connectivity index (χ3n) is 6.29. The minimum absolute atomic E-state index is 0.0280. The van der Waals surface area contributed by atoms with E-state index in [-0.39, 0.29) is 23.4 Å². The van der Waals surface area contributed by atoms with E-state index in [2.05, 4.69) is 15.0 Å². The van der Waals surface area contributed by atoms with Crippen molar-refractivity contribution in [3.8, 4) is 5.75 Å². The van der Waals surface area contributed by atoms with Gasteiger partial charge in [0.25, 0.3) is 0 Å². The summed E-state index contributed by atoms with van der Waals surface area (Å²) in [6, 6.07) is 4.84. The number of hydrogen-bond acceptors (Lipinski definition) is 9. The molecule has 2 aliphatic rings. The van der Waals surface area contributed by atoms with Crippen LogP contribution in [0, 0.1) is 11.6 Å². The highest BCUT2D eigenvalue weighted by atomic mass is 19.1. The lowest BCUT2D eigenvalue weighted by molar-refractivity contribution is -0.0516. The van der Waals surface area contributed by atoms with E-state index < -0.39 is 23.3 Å². The molecule has 2 fully saturated rings. The number of anilines is 2. The maximum absolute atomic E-state index is 13.9. The number of halogens is 2. The van der Waals surface area contributed by atoms with E-state index in [1.54, 1.807) is 6.07 Å². The van der Waals surface area contributed by atoms with Crippen LogP contribution in [0.4, 0.5) is 20.4 Å². The van der Waals surface area contributed by atoms with Crippen molar-refractivity contribution in [3.05, 3.63) is 47.8 Å². The summed E-state index contributed by atoms with van der Waals surface area (Å²) in [7, 11) is 0. The maximum atomic E-state index is 13.9. The fourth-order valence-corrected chi connectivity index (χ4v) is 4.17. The number of aliphatic hydroxyl groups is 2. The Labute approximate surface area is 214 Å². The molecule has 200 valence electrons. The van der Waals surface area contributed by atoms with Crippen LogP contribution < -0.4 is 15.4 Å². The van der Waals surface area contributed by atoms with Gasteiger partial charge < -0.3 is 30.3 Å². The lowest BCUT2D eigenvalue weighted by Crippen LogP contribution is -2.39. The molecule has 0 bridgehead atoms. The van der Waals surface area contributed by atoms with Crippen molar-refractivity contribution in [2.75, 3.05) is 36.9 Å². The van der Waals surface area contributed by atoms with Gasteiger partial charge in [-0.05, 0) is 44.9 Å². The van der Waals surface area contributed by atoms with Crippen LogP contribution in [-0.2, 0) is 4.74 Å². The molecule has 37 heavy (non-hydrogen) atoms. The molecule has 0 amide bonds. The van der Waals surface area contributed by atoms with E-state index >= 15 is 0 Å². The molecule has 11 heteroatoms. The highest BCUT2D eigenvalue weighted by Crippen LogP contribution is 2.30. The normalized spacial score (nSPS) is 17.4. The van der Waals surface area contributed by atoms with Gasteiger partial charge in [0.1, 0.15) is 23.5 Å². The number of rotatable bonds is 5. The molecule has 4 heterocycles. The average Bonchev–Trinajstić information content (AvgIpc) is 3.45. The molecule has 0 aliphatic carbocycles. The van der Waals surface area contributed by atoms with Gasteiger partial charge >= 0.3 is 0 Å². The first-order chi connectivity index (χ1) is 17.6. The number of fused-ring (bicyclic) bond motifs is 1. The molecule has 3 aromatic rings. The molecule has 1 aromatic carbocycles. The van der Waals surface area contributed by atoms with Gasteiger partial charge in [-0.15, -0.1) is 0 Å².